The Labute approximate surface area is 91.1 Å². The van der Waals surface area contributed by atoms with Gasteiger partial charge in [-0.2, -0.15) is 0 Å². The monoisotopic (exact) mass is 224 g/mol. The second-order valence-electron chi connectivity index (χ2n) is 3.11. The van der Waals surface area contributed by atoms with E-state index in [1.54, 1.807) is 24.3 Å². The van der Waals surface area contributed by atoms with Gasteiger partial charge in [-0.15, -0.1) is 0 Å². The summed E-state index contributed by atoms with van der Waals surface area (Å²) in [6.07, 6.45) is 0. The average molecular weight is 225 g/mol. The van der Waals surface area contributed by atoms with Crippen LogP contribution in [-0.2, 0) is 0 Å². The standard InChI is InChI=1S/C12H7ClF2/c13-10-6-9(11(14)7-12(10)15)8-4-2-1-3-5-8/h1-7H. The Morgan fingerprint density at radius 2 is 1.53 bits per heavy atom. The van der Waals surface area contributed by atoms with E-state index >= 15 is 0 Å². The highest BCUT2D eigenvalue weighted by Gasteiger charge is 2.09. The lowest BCUT2D eigenvalue weighted by Crippen LogP contribution is -1.87. The zero-order chi connectivity index (χ0) is 10.8. The van der Waals surface area contributed by atoms with Gasteiger partial charge in [-0.1, -0.05) is 41.9 Å². The maximum atomic E-state index is 13.4. The second-order valence-corrected chi connectivity index (χ2v) is 3.52. The van der Waals surface area contributed by atoms with Gasteiger partial charge in [-0.05, 0) is 11.6 Å². The summed E-state index contributed by atoms with van der Waals surface area (Å²) < 4.78 is 26.3. The van der Waals surface area contributed by atoms with Crippen molar-refractivity contribution in [3.63, 3.8) is 0 Å². The summed E-state index contributed by atoms with van der Waals surface area (Å²) in [6.45, 7) is 0. The predicted octanol–water partition coefficient (Wildman–Crippen LogP) is 4.29. The molecule has 3 heteroatoms. The molecule has 0 heterocycles. The van der Waals surface area contributed by atoms with Crippen molar-refractivity contribution in [3.8, 4) is 11.1 Å². The van der Waals surface area contributed by atoms with Crippen molar-refractivity contribution in [1.29, 1.82) is 0 Å². The molecule has 0 N–H and O–H groups in total. The first-order valence-corrected chi connectivity index (χ1v) is 4.76. The molecule has 2 aromatic rings. The minimum Gasteiger partial charge on any atom is -0.206 e. The Morgan fingerprint density at radius 3 is 2.20 bits per heavy atom. The first kappa shape index (κ1) is 10.1. The third kappa shape index (κ3) is 2.00. The van der Waals surface area contributed by atoms with Crippen LogP contribution in [-0.4, -0.2) is 0 Å². The fourth-order valence-corrected chi connectivity index (χ4v) is 1.53. The molecule has 0 radical (unpaired) electrons. The van der Waals surface area contributed by atoms with E-state index in [1.807, 2.05) is 6.07 Å². The van der Waals surface area contributed by atoms with Crippen LogP contribution in [0.4, 0.5) is 8.78 Å². The number of benzene rings is 2. The third-order valence-electron chi connectivity index (χ3n) is 2.09. The Kier molecular flexibility index (Phi) is 2.69. The van der Waals surface area contributed by atoms with Gasteiger partial charge in [-0.25, -0.2) is 8.78 Å². The highest BCUT2D eigenvalue weighted by atomic mass is 35.5. The molecule has 2 rings (SSSR count). The molecule has 0 atom stereocenters. The van der Waals surface area contributed by atoms with Crippen molar-refractivity contribution in [2.24, 2.45) is 0 Å². The Bertz CT molecular complexity index is 480. The lowest BCUT2D eigenvalue weighted by Gasteiger charge is -2.04. The minimum atomic E-state index is -0.742. The Balaban J connectivity index is 2.59. The SMILES string of the molecule is Fc1cc(F)c(-c2ccccc2)cc1Cl. The van der Waals surface area contributed by atoms with Crippen LogP contribution in [0.5, 0.6) is 0 Å². The van der Waals surface area contributed by atoms with E-state index in [0.29, 0.717) is 11.1 Å². The van der Waals surface area contributed by atoms with E-state index in [9.17, 15) is 8.78 Å². The normalized spacial score (nSPS) is 10.3. The topological polar surface area (TPSA) is 0 Å². The van der Waals surface area contributed by atoms with Crippen LogP contribution in [0.25, 0.3) is 11.1 Å². The largest absolute Gasteiger partial charge is 0.206 e. The summed E-state index contributed by atoms with van der Waals surface area (Å²) >= 11 is 5.59. The van der Waals surface area contributed by atoms with E-state index in [2.05, 4.69) is 0 Å². The molecule has 0 fully saturated rings. The van der Waals surface area contributed by atoms with E-state index < -0.39 is 11.6 Å². The van der Waals surface area contributed by atoms with Crippen molar-refractivity contribution < 1.29 is 8.78 Å². The van der Waals surface area contributed by atoms with Crippen LogP contribution in [0.3, 0.4) is 0 Å². The smallest absolute Gasteiger partial charge is 0.144 e. The van der Waals surface area contributed by atoms with Crippen LogP contribution in [0.15, 0.2) is 42.5 Å². The van der Waals surface area contributed by atoms with Crippen LogP contribution >= 0.6 is 11.6 Å². The number of hydrogen-bond donors (Lipinski definition) is 0. The third-order valence-corrected chi connectivity index (χ3v) is 2.38. The van der Waals surface area contributed by atoms with Crippen molar-refractivity contribution in [1.82, 2.24) is 0 Å². The minimum absolute atomic E-state index is 0.0738. The molecule has 2 aromatic carbocycles. The summed E-state index contributed by atoms with van der Waals surface area (Å²) in [7, 11) is 0. The van der Waals surface area contributed by atoms with Gasteiger partial charge in [-0.3, -0.25) is 0 Å². The molecule has 0 unspecified atom stereocenters. The molecule has 0 aliphatic carbocycles. The van der Waals surface area contributed by atoms with Crippen LogP contribution < -0.4 is 0 Å². The molecule has 0 aliphatic rings. The van der Waals surface area contributed by atoms with Crippen LogP contribution in [0.2, 0.25) is 5.02 Å². The van der Waals surface area contributed by atoms with E-state index in [0.717, 1.165) is 6.07 Å². The maximum Gasteiger partial charge on any atom is 0.144 e. The van der Waals surface area contributed by atoms with Gasteiger partial charge in [0.05, 0.1) is 5.02 Å². The summed E-state index contributed by atoms with van der Waals surface area (Å²) in [5.41, 5.74) is 0.985. The van der Waals surface area contributed by atoms with Gasteiger partial charge < -0.3 is 0 Å². The van der Waals surface area contributed by atoms with E-state index in [-0.39, 0.29) is 5.02 Å². The average Bonchev–Trinajstić information content (AvgIpc) is 2.25. The Morgan fingerprint density at radius 1 is 0.867 bits per heavy atom. The van der Waals surface area contributed by atoms with Gasteiger partial charge in [0, 0.05) is 11.6 Å². The molecule has 0 aliphatic heterocycles. The lowest BCUT2D eigenvalue weighted by atomic mass is 10.1. The number of halogens is 3. The molecule has 0 nitrogen and oxygen atoms in total. The maximum absolute atomic E-state index is 13.4. The second kappa shape index (κ2) is 3.99. The Hall–Kier alpha value is -1.41. The van der Waals surface area contributed by atoms with Gasteiger partial charge in [0.25, 0.3) is 0 Å². The molecular formula is C12H7ClF2. The number of rotatable bonds is 1. The molecule has 0 aromatic heterocycles. The molecular weight excluding hydrogens is 218 g/mol. The molecule has 0 saturated heterocycles. The highest BCUT2D eigenvalue weighted by molar-refractivity contribution is 6.31. The van der Waals surface area contributed by atoms with Gasteiger partial charge in [0.2, 0.25) is 0 Å². The summed E-state index contributed by atoms with van der Waals surface area (Å²) in [5.74, 6) is -1.35. The van der Waals surface area contributed by atoms with Crippen molar-refractivity contribution in [2.45, 2.75) is 0 Å². The predicted molar refractivity (Wildman–Crippen MR) is 56.8 cm³/mol. The van der Waals surface area contributed by atoms with Crippen molar-refractivity contribution in [2.75, 3.05) is 0 Å². The summed E-state index contributed by atoms with van der Waals surface area (Å²) in [4.78, 5) is 0. The van der Waals surface area contributed by atoms with Crippen LogP contribution in [0.1, 0.15) is 0 Å². The zero-order valence-corrected chi connectivity index (χ0v) is 8.43. The fourth-order valence-electron chi connectivity index (χ4n) is 1.36. The molecule has 0 amide bonds. The van der Waals surface area contributed by atoms with Gasteiger partial charge >= 0.3 is 0 Å². The quantitative estimate of drug-likeness (QED) is 0.634. The molecule has 15 heavy (non-hydrogen) atoms. The van der Waals surface area contributed by atoms with Crippen molar-refractivity contribution >= 4 is 11.6 Å². The van der Waals surface area contributed by atoms with Gasteiger partial charge in [0.15, 0.2) is 0 Å². The summed E-state index contributed by atoms with van der Waals surface area (Å²) in [5, 5.41) is -0.0738. The lowest BCUT2D eigenvalue weighted by molar-refractivity contribution is 0.586. The zero-order valence-electron chi connectivity index (χ0n) is 7.68. The molecule has 0 spiro atoms. The van der Waals surface area contributed by atoms with Crippen LogP contribution in [0, 0.1) is 11.6 Å². The van der Waals surface area contributed by atoms with E-state index in [1.165, 1.54) is 6.07 Å². The molecule has 0 bridgehead atoms. The first-order valence-electron chi connectivity index (χ1n) is 4.38. The molecule has 76 valence electrons. The van der Waals surface area contributed by atoms with Crippen molar-refractivity contribution in [3.05, 3.63) is 59.1 Å². The van der Waals surface area contributed by atoms with E-state index in [4.69, 9.17) is 11.6 Å². The van der Waals surface area contributed by atoms with Gasteiger partial charge in [0.1, 0.15) is 11.6 Å². The molecule has 0 saturated carbocycles. The highest BCUT2D eigenvalue weighted by Crippen LogP contribution is 2.27. The number of hydrogen-bond acceptors (Lipinski definition) is 0. The fraction of sp³-hybridized carbons (Fsp3) is 0. The summed E-state index contributed by atoms with van der Waals surface area (Å²) in [6, 6.07) is 11.0. The first-order chi connectivity index (χ1) is 7.18.